The summed E-state index contributed by atoms with van der Waals surface area (Å²) in [5.41, 5.74) is 3.81. The van der Waals surface area contributed by atoms with Crippen molar-refractivity contribution in [3.63, 3.8) is 0 Å². The number of likely N-dealkylation sites (tertiary alicyclic amines) is 1. The summed E-state index contributed by atoms with van der Waals surface area (Å²) in [5, 5.41) is 5.40. The quantitative estimate of drug-likeness (QED) is 0.267. The Labute approximate surface area is 266 Å². The first-order valence-electron chi connectivity index (χ1n) is 15.4. The Morgan fingerprint density at radius 2 is 1.78 bits per heavy atom. The minimum Gasteiger partial charge on any atom is -0.367 e. The lowest BCUT2D eigenvalue weighted by Gasteiger charge is -2.37. The molecule has 2 aliphatic heterocycles. The number of sulfonamides is 1. The van der Waals surface area contributed by atoms with E-state index in [0.29, 0.717) is 29.1 Å². The van der Waals surface area contributed by atoms with Crippen molar-refractivity contribution in [2.75, 3.05) is 50.8 Å². The van der Waals surface area contributed by atoms with E-state index < -0.39 is 22.6 Å². The molecule has 1 N–H and O–H groups in total. The zero-order valence-corrected chi connectivity index (χ0v) is 27.5. The lowest BCUT2D eigenvalue weighted by Crippen LogP contribution is -2.51. The molecular weight excluding hydrogens is 624 g/mol. The zero-order valence-electron chi connectivity index (χ0n) is 25.8. The Hall–Kier alpha value is -2.78. The maximum absolute atomic E-state index is 12.9. The summed E-state index contributed by atoms with van der Waals surface area (Å²) < 4.78 is 66.4. The standard InChI is InChI=1S/C31H40F3N7O2S2/c1-21(39-12-14-41(15-13-39)45(3,42)43)18-40-11-8-26-22(2)23(4-5-28(26)40)19-38-9-6-24(7-10-38)37-29-27-16-25(17-31(32,33)34)44-30(27)36-20-35-29/h4-5,8,11,16,20-21,24H,6-7,9-10,12-15,17-19H2,1-3H3,(H,35,36,37). The van der Waals surface area contributed by atoms with Crippen LogP contribution in [0.25, 0.3) is 21.1 Å². The Kier molecular flexibility index (Phi) is 9.14. The molecule has 14 heteroatoms. The topological polar surface area (TPSA) is 86.6 Å². The molecule has 244 valence electrons. The van der Waals surface area contributed by atoms with Crippen LogP contribution in [0.4, 0.5) is 19.0 Å². The Balaban J connectivity index is 1.04. The molecule has 0 saturated carbocycles. The van der Waals surface area contributed by atoms with Gasteiger partial charge in [0.25, 0.3) is 0 Å². The van der Waals surface area contributed by atoms with Crippen LogP contribution in [0, 0.1) is 6.92 Å². The minimum atomic E-state index is -4.25. The number of fused-ring (bicyclic) bond motifs is 2. The molecule has 45 heavy (non-hydrogen) atoms. The minimum absolute atomic E-state index is 0.194. The molecule has 0 aliphatic carbocycles. The maximum Gasteiger partial charge on any atom is 0.393 e. The highest BCUT2D eigenvalue weighted by molar-refractivity contribution is 7.88. The molecule has 0 radical (unpaired) electrons. The second-order valence-electron chi connectivity index (χ2n) is 12.4. The monoisotopic (exact) mass is 663 g/mol. The number of halogens is 3. The number of piperidine rings is 1. The average molecular weight is 664 g/mol. The molecule has 0 amide bonds. The second-order valence-corrected chi connectivity index (χ2v) is 15.5. The molecule has 5 heterocycles. The Morgan fingerprint density at radius 1 is 1.04 bits per heavy atom. The summed E-state index contributed by atoms with van der Waals surface area (Å²) in [6.07, 6.45) is 1.49. The maximum atomic E-state index is 12.9. The number of alkyl halides is 3. The van der Waals surface area contributed by atoms with Gasteiger partial charge in [0.15, 0.2) is 0 Å². The van der Waals surface area contributed by atoms with Crippen molar-refractivity contribution in [3.8, 4) is 0 Å². The van der Waals surface area contributed by atoms with Crippen molar-refractivity contribution < 1.29 is 21.6 Å². The molecule has 6 rings (SSSR count). The molecule has 0 spiro atoms. The van der Waals surface area contributed by atoms with Crippen LogP contribution in [-0.4, -0.2) is 101 Å². The van der Waals surface area contributed by atoms with Gasteiger partial charge in [0.05, 0.1) is 18.1 Å². The number of thiophene rings is 1. The molecule has 2 aliphatic rings. The van der Waals surface area contributed by atoms with Crippen molar-refractivity contribution in [2.45, 2.75) is 64.5 Å². The fraction of sp³-hybridized carbons (Fsp3) is 0.548. The number of hydrogen-bond donors (Lipinski definition) is 1. The van der Waals surface area contributed by atoms with E-state index in [-0.39, 0.29) is 17.0 Å². The first-order valence-corrected chi connectivity index (χ1v) is 18.1. The van der Waals surface area contributed by atoms with Gasteiger partial charge in [0.1, 0.15) is 17.0 Å². The zero-order chi connectivity index (χ0) is 31.9. The van der Waals surface area contributed by atoms with Crippen LogP contribution >= 0.6 is 11.3 Å². The number of nitrogens with zero attached hydrogens (tertiary/aromatic N) is 6. The summed E-state index contributed by atoms with van der Waals surface area (Å²) >= 11 is 1.07. The number of anilines is 1. The molecule has 1 unspecified atom stereocenters. The van der Waals surface area contributed by atoms with Gasteiger partial charge in [0.2, 0.25) is 10.0 Å². The van der Waals surface area contributed by atoms with Gasteiger partial charge in [0, 0.05) is 86.4 Å². The van der Waals surface area contributed by atoms with Crippen molar-refractivity contribution in [2.24, 2.45) is 0 Å². The number of rotatable bonds is 9. The van der Waals surface area contributed by atoms with Crippen molar-refractivity contribution >= 4 is 48.3 Å². The molecule has 9 nitrogen and oxygen atoms in total. The predicted octanol–water partition coefficient (Wildman–Crippen LogP) is 5.10. The third-order valence-electron chi connectivity index (χ3n) is 9.24. The van der Waals surface area contributed by atoms with Crippen LogP contribution in [-0.2, 0) is 29.5 Å². The summed E-state index contributed by atoms with van der Waals surface area (Å²) in [7, 11) is -3.14. The van der Waals surface area contributed by atoms with E-state index in [4.69, 9.17) is 0 Å². The predicted molar refractivity (Wildman–Crippen MR) is 173 cm³/mol. The van der Waals surface area contributed by atoms with Gasteiger partial charge in [-0.25, -0.2) is 18.4 Å². The van der Waals surface area contributed by atoms with Gasteiger partial charge in [-0.05, 0) is 56.0 Å². The van der Waals surface area contributed by atoms with Crippen LogP contribution in [0.2, 0.25) is 0 Å². The summed E-state index contributed by atoms with van der Waals surface area (Å²) in [6.45, 7) is 10.5. The highest BCUT2D eigenvalue weighted by atomic mass is 32.2. The fourth-order valence-corrected chi connectivity index (χ4v) is 8.50. The lowest BCUT2D eigenvalue weighted by atomic mass is 10.0. The molecule has 4 aromatic rings. The summed E-state index contributed by atoms with van der Waals surface area (Å²) in [4.78, 5) is 14.2. The van der Waals surface area contributed by atoms with Gasteiger partial charge >= 0.3 is 6.18 Å². The summed E-state index contributed by atoms with van der Waals surface area (Å²) in [6, 6.07) is 8.71. The van der Waals surface area contributed by atoms with Crippen LogP contribution in [0.5, 0.6) is 0 Å². The van der Waals surface area contributed by atoms with Crippen molar-refractivity contribution in [3.05, 3.63) is 52.8 Å². The van der Waals surface area contributed by atoms with E-state index >= 15 is 0 Å². The van der Waals surface area contributed by atoms with E-state index in [1.165, 1.54) is 34.6 Å². The fourth-order valence-electron chi connectivity index (χ4n) is 6.65. The molecule has 3 aromatic heterocycles. The van der Waals surface area contributed by atoms with Crippen LogP contribution in [0.3, 0.4) is 0 Å². The normalized spacial score (nSPS) is 19.1. The van der Waals surface area contributed by atoms with Gasteiger partial charge in [-0.3, -0.25) is 9.80 Å². The number of piperazine rings is 1. The number of hydrogen-bond acceptors (Lipinski definition) is 8. The Morgan fingerprint density at radius 3 is 2.47 bits per heavy atom. The number of aryl methyl sites for hydroxylation is 1. The molecule has 0 bridgehead atoms. The molecule has 1 aromatic carbocycles. The van der Waals surface area contributed by atoms with E-state index in [9.17, 15) is 21.6 Å². The van der Waals surface area contributed by atoms with Gasteiger partial charge in [-0.15, -0.1) is 11.3 Å². The first kappa shape index (κ1) is 32.2. The third kappa shape index (κ3) is 7.46. The number of benzene rings is 1. The van der Waals surface area contributed by atoms with E-state index in [2.05, 4.69) is 67.9 Å². The highest BCUT2D eigenvalue weighted by Gasteiger charge is 2.30. The van der Waals surface area contributed by atoms with Gasteiger partial charge in [-0.2, -0.15) is 17.5 Å². The largest absolute Gasteiger partial charge is 0.393 e. The number of aromatic nitrogens is 3. The van der Waals surface area contributed by atoms with Crippen LogP contribution in [0.15, 0.2) is 36.8 Å². The molecular formula is C31H40F3N7O2S2. The third-order valence-corrected chi connectivity index (χ3v) is 11.6. The van der Waals surface area contributed by atoms with Gasteiger partial charge in [-0.1, -0.05) is 6.07 Å². The first-order chi connectivity index (χ1) is 21.3. The molecule has 2 fully saturated rings. The smallest absolute Gasteiger partial charge is 0.367 e. The molecule has 2 saturated heterocycles. The SMILES string of the molecule is Cc1c(CN2CCC(Nc3ncnc4sc(CC(F)(F)F)cc34)CC2)ccc2c1ccn2CC(C)N1CCN(S(C)(=O)=O)CC1. The second kappa shape index (κ2) is 12.8. The van der Waals surface area contributed by atoms with E-state index in [1.807, 2.05) is 0 Å². The van der Waals surface area contributed by atoms with E-state index in [0.717, 1.165) is 63.4 Å². The van der Waals surface area contributed by atoms with Crippen LogP contribution < -0.4 is 5.32 Å². The Bertz CT molecular complexity index is 1760. The highest BCUT2D eigenvalue weighted by Crippen LogP contribution is 2.33. The number of nitrogens with one attached hydrogen (secondary N) is 1. The van der Waals surface area contributed by atoms with Gasteiger partial charge < -0.3 is 9.88 Å². The van der Waals surface area contributed by atoms with Crippen LogP contribution in [0.1, 0.15) is 35.8 Å². The van der Waals surface area contributed by atoms with Crippen molar-refractivity contribution in [1.29, 1.82) is 0 Å². The van der Waals surface area contributed by atoms with Crippen molar-refractivity contribution in [1.82, 2.24) is 28.6 Å². The lowest BCUT2D eigenvalue weighted by molar-refractivity contribution is -0.126. The van der Waals surface area contributed by atoms with E-state index in [1.54, 1.807) is 10.4 Å². The molecule has 1 atom stereocenters. The summed E-state index contributed by atoms with van der Waals surface area (Å²) in [5.74, 6) is 0.611. The average Bonchev–Trinajstić information content (AvgIpc) is 3.58.